The number of rotatable bonds is 11. The van der Waals surface area contributed by atoms with Crippen LogP contribution in [0.4, 0.5) is 0 Å². The predicted molar refractivity (Wildman–Crippen MR) is 118 cm³/mol. The number of hydrazine groups is 1. The van der Waals surface area contributed by atoms with Gasteiger partial charge in [0.15, 0.2) is 0 Å². The SMILES string of the molecule is CCCCOc1ccc(C2CC(C(=O)NCc3ccc(OCCC)cc3)NN2)cc1. The van der Waals surface area contributed by atoms with E-state index in [1.165, 1.54) is 0 Å². The molecule has 3 rings (SSSR count). The Morgan fingerprint density at radius 2 is 1.60 bits per heavy atom. The zero-order valence-corrected chi connectivity index (χ0v) is 17.9. The molecule has 0 saturated carbocycles. The van der Waals surface area contributed by atoms with Crippen LogP contribution in [0.25, 0.3) is 0 Å². The van der Waals surface area contributed by atoms with Crippen LogP contribution < -0.4 is 25.6 Å². The van der Waals surface area contributed by atoms with Gasteiger partial charge in [-0.15, -0.1) is 0 Å². The first-order chi connectivity index (χ1) is 14.7. The number of carbonyl (C=O) groups excluding carboxylic acids is 1. The Kier molecular flexibility index (Phi) is 8.53. The number of hydrogen-bond acceptors (Lipinski definition) is 5. The van der Waals surface area contributed by atoms with E-state index in [1.807, 2.05) is 36.4 Å². The number of carbonyl (C=O) groups is 1. The van der Waals surface area contributed by atoms with Crippen molar-refractivity contribution in [3.8, 4) is 11.5 Å². The topological polar surface area (TPSA) is 71.6 Å². The second kappa shape index (κ2) is 11.6. The fourth-order valence-electron chi connectivity index (χ4n) is 3.31. The summed E-state index contributed by atoms with van der Waals surface area (Å²) in [4.78, 5) is 12.5. The highest BCUT2D eigenvalue weighted by molar-refractivity contribution is 5.82. The summed E-state index contributed by atoms with van der Waals surface area (Å²) in [7, 11) is 0. The molecule has 1 heterocycles. The quantitative estimate of drug-likeness (QED) is 0.490. The first kappa shape index (κ1) is 22.1. The molecule has 1 aliphatic rings. The second-order valence-electron chi connectivity index (χ2n) is 7.61. The molecular formula is C24H33N3O3. The predicted octanol–water partition coefficient (Wildman–Crippen LogP) is 3.88. The lowest BCUT2D eigenvalue weighted by atomic mass is 10.0. The summed E-state index contributed by atoms with van der Waals surface area (Å²) in [6, 6.07) is 15.8. The highest BCUT2D eigenvalue weighted by Gasteiger charge is 2.29. The number of ether oxygens (including phenoxy) is 2. The summed E-state index contributed by atoms with van der Waals surface area (Å²) >= 11 is 0. The summed E-state index contributed by atoms with van der Waals surface area (Å²) < 4.78 is 11.3. The van der Waals surface area contributed by atoms with Gasteiger partial charge in [0.2, 0.25) is 5.91 Å². The van der Waals surface area contributed by atoms with Gasteiger partial charge in [-0.1, -0.05) is 44.5 Å². The molecule has 0 aromatic heterocycles. The van der Waals surface area contributed by atoms with Crippen LogP contribution in [0.3, 0.4) is 0 Å². The molecule has 162 valence electrons. The van der Waals surface area contributed by atoms with Crippen molar-refractivity contribution in [3.63, 3.8) is 0 Å². The molecule has 1 fully saturated rings. The van der Waals surface area contributed by atoms with Gasteiger partial charge in [-0.05, 0) is 54.7 Å². The highest BCUT2D eigenvalue weighted by atomic mass is 16.5. The van der Waals surface area contributed by atoms with Crippen molar-refractivity contribution < 1.29 is 14.3 Å². The van der Waals surface area contributed by atoms with E-state index >= 15 is 0 Å². The Balaban J connectivity index is 1.43. The minimum absolute atomic E-state index is 0.00386. The maximum Gasteiger partial charge on any atom is 0.238 e. The Morgan fingerprint density at radius 1 is 0.933 bits per heavy atom. The molecule has 0 spiro atoms. The monoisotopic (exact) mass is 411 g/mol. The minimum atomic E-state index is -0.261. The molecule has 1 aliphatic heterocycles. The Labute approximate surface area is 179 Å². The highest BCUT2D eigenvalue weighted by Crippen LogP contribution is 2.24. The van der Waals surface area contributed by atoms with Gasteiger partial charge in [0.25, 0.3) is 0 Å². The van der Waals surface area contributed by atoms with E-state index in [1.54, 1.807) is 0 Å². The molecular weight excluding hydrogens is 378 g/mol. The molecule has 3 N–H and O–H groups in total. The molecule has 0 aliphatic carbocycles. The van der Waals surface area contributed by atoms with Gasteiger partial charge in [0.05, 0.1) is 13.2 Å². The van der Waals surface area contributed by atoms with Gasteiger partial charge < -0.3 is 14.8 Å². The van der Waals surface area contributed by atoms with Crippen molar-refractivity contribution in [2.75, 3.05) is 13.2 Å². The average molecular weight is 412 g/mol. The summed E-state index contributed by atoms with van der Waals surface area (Å²) in [6.07, 6.45) is 3.87. The molecule has 6 heteroatoms. The van der Waals surface area contributed by atoms with Crippen molar-refractivity contribution in [2.45, 2.75) is 58.2 Å². The Bertz CT molecular complexity index is 777. The molecule has 2 unspecified atom stereocenters. The fraction of sp³-hybridized carbons (Fsp3) is 0.458. The van der Waals surface area contributed by atoms with Gasteiger partial charge in [0, 0.05) is 12.6 Å². The van der Waals surface area contributed by atoms with Crippen LogP contribution >= 0.6 is 0 Å². The van der Waals surface area contributed by atoms with Crippen molar-refractivity contribution in [1.29, 1.82) is 0 Å². The van der Waals surface area contributed by atoms with Crippen molar-refractivity contribution in [2.24, 2.45) is 0 Å². The van der Waals surface area contributed by atoms with E-state index in [0.29, 0.717) is 19.6 Å². The maximum atomic E-state index is 12.5. The number of amides is 1. The summed E-state index contributed by atoms with van der Waals surface area (Å²) in [6.45, 7) is 6.19. The molecule has 0 bridgehead atoms. The fourth-order valence-corrected chi connectivity index (χ4v) is 3.31. The zero-order chi connectivity index (χ0) is 21.2. The number of hydrogen-bond donors (Lipinski definition) is 3. The van der Waals surface area contributed by atoms with Crippen LogP contribution in [0.1, 0.15) is 56.7 Å². The van der Waals surface area contributed by atoms with Crippen LogP contribution in [-0.2, 0) is 11.3 Å². The number of benzene rings is 2. The molecule has 2 aromatic carbocycles. The third kappa shape index (κ3) is 6.47. The lowest BCUT2D eigenvalue weighted by molar-refractivity contribution is -0.123. The summed E-state index contributed by atoms with van der Waals surface area (Å²) in [5.41, 5.74) is 8.54. The third-order valence-corrected chi connectivity index (χ3v) is 5.13. The smallest absolute Gasteiger partial charge is 0.238 e. The lowest BCUT2D eigenvalue weighted by Gasteiger charge is -2.12. The molecule has 0 radical (unpaired) electrons. The molecule has 2 aromatic rings. The van der Waals surface area contributed by atoms with E-state index in [2.05, 4.69) is 42.1 Å². The number of unbranched alkanes of at least 4 members (excludes halogenated alkanes) is 1. The maximum absolute atomic E-state index is 12.5. The van der Waals surface area contributed by atoms with Gasteiger partial charge >= 0.3 is 0 Å². The van der Waals surface area contributed by atoms with Crippen molar-refractivity contribution in [1.82, 2.24) is 16.2 Å². The first-order valence-corrected chi connectivity index (χ1v) is 10.9. The van der Waals surface area contributed by atoms with Crippen LogP contribution in [0.2, 0.25) is 0 Å². The molecule has 1 saturated heterocycles. The summed E-state index contributed by atoms with van der Waals surface area (Å²) in [5, 5.41) is 3.01. The van der Waals surface area contributed by atoms with Gasteiger partial charge in [0.1, 0.15) is 17.5 Å². The Morgan fingerprint density at radius 3 is 2.27 bits per heavy atom. The lowest BCUT2D eigenvalue weighted by Crippen LogP contribution is -2.42. The van der Waals surface area contributed by atoms with Crippen LogP contribution in [0, 0.1) is 0 Å². The van der Waals surface area contributed by atoms with E-state index in [9.17, 15) is 4.79 Å². The van der Waals surface area contributed by atoms with Gasteiger partial charge in [-0.25, -0.2) is 10.9 Å². The van der Waals surface area contributed by atoms with E-state index in [-0.39, 0.29) is 18.0 Å². The largest absolute Gasteiger partial charge is 0.494 e. The average Bonchev–Trinajstić information content (AvgIpc) is 3.28. The molecule has 30 heavy (non-hydrogen) atoms. The van der Waals surface area contributed by atoms with Crippen molar-refractivity contribution in [3.05, 3.63) is 59.7 Å². The van der Waals surface area contributed by atoms with E-state index < -0.39 is 0 Å². The van der Waals surface area contributed by atoms with Crippen LogP contribution in [0.5, 0.6) is 11.5 Å². The first-order valence-electron chi connectivity index (χ1n) is 10.9. The summed E-state index contributed by atoms with van der Waals surface area (Å²) in [5.74, 6) is 1.74. The second-order valence-corrected chi connectivity index (χ2v) is 7.61. The Hall–Kier alpha value is -2.57. The zero-order valence-electron chi connectivity index (χ0n) is 17.9. The van der Waals surface area contributed by atoms with E-state index in [0.717, 1.165) is 48.5 Å². The molecule has 2 atom stereocenters. The molecule has 6 nitrogen and oxygen atoms in total. The molecule has 1 amide bonds. The van der Waals surface area contributed by atoms with Crippen LogP contribution in [-0.4, -0.2) is 25.2 Å². The van der Waals surface area contributed by atoms with Crippen molar-refractivity contribution >= 4 is 5.91 Å². The number of nitrogens with one attached hydrogen (secondary N) is 3. The standard InChI is InChI=1S/C24H33N3O3/c1-3-5-15-30-21-12-8-19(9-13-21)22-16-23(27-26-22)24(28)25-17-18-6-10-20(11-7-18)29-14-4-2/h6-13,22-23,26-27H,3-5,14-17H2,1-2H3,(H,25,28). The van der Waals surface area contributed by atoms with Crippen LogP contribution in [0.15, 0.2) is 48.5 Å². The van der Waals surface area contributed by atoms with E-state index in [4.69, 9.17) is 9.47 Å². The normalized spacial score (nSPS) is 18.2. The van der Waals surface area contributed by atoms with Gasteiger partial charge in [-0.3, -0.25) is 4.79 Å². The van der Waals surface area contributed by atoms with Gasteiger partial charge in [-0.2, -0.15) is 0 Å². The third-order valence-electron chi connectivity index (χ3n) is 5.13. The minimum Gasteiger partial charge on any atom is -0.494 e.